The number of carbonyl (C=O) groups is 1. The molecular formula is C15H27N3O2. The van der Waals surface area contributed by atoms with E-state index in [1.807, 2.05) is 0 Å². The number of morpholine rings is 1. The summed E-state index contributed by atoms with van der Waals surface area (Å²) in [6.07, 6.45) is 3.34. The van der Waals surface area contributed by atoms with Crippen molar-refractivity contribution in [3.63, 3.8) is 0 Å². The molecule has 1 unspecified atom stereocenters. The Kier molecular flexibility index (Phi) is 4.02. The lowest BCUT2D eigenvalue weighted by molar-refractivity contribution is -0.131. The van der Waals surface area contributed by atoms with Gasteiger partial charge < -0.3 is 9.64 Å². The van der Waals surface area contributed by atoms with Gasteiger partial charge in [0.15, 0.2) is 0 Å². The van der Waals surface area contributed by atoms with Gasteiger partial charge in [-0.1, -0.05) is 13.8 Å². The maximum Gasteiger partial charge on any atom is 0.244 e. The number of carbonyl (C=O) groups excluding carboxylic acids is 1. The highest BCUT2D eigenvalue weighted by atomic mass is 16.5. The summed E-state index contributed by atoms with van der Waals surface area (Å²) in [4.78, 5) is 17.1. The van der Waals surface area contributed by atoms with Gasteiger partial charge in [0.1, 0.15) is 0 Å². The first-order valence-corrected chi connectivity index (χ1v) is 8.00. The van der Waals surface area contributed by atoms with Crippen molar-refractivity contribution in [3.05, 3.63) is 0 Å². The van der Waals surface area contributed by atoms with Gasteiger partial charge in [-0.15, -0.1) is 0 Å². The molecule has 0 aromatic heterocycles. The van der Waals surface area contributed by atoms with Crippen LogP contribution in [0.25, 0.3) is 0 Å². The van der Waals surface area contributed by atoms with Gasteiger partial charge in [0, 0.05) is 26.2 Å². The van der Waals surface area contributed by atoms with E-state index in [1.54, 1.807) is 0 Å². The highest BCUT2D eigenvalue weighted by molar-refractivity contribution is 5.91. The Hall–Kier alpha value is -0.650. The van der Waals surface area contributed by atoms with Gasteiger partial charge in [-0.05, 0) is 25.2 Å². The SMILES string of the molecule is CC(C)CC1NC2(CC2)C(=O)N1CCN1CCOCC1. The average Bonchev–Trinajstić information content (AvgIpc) is 3.15. The average molecular weight is 281 g/mol. The largest absolute Gasteiger partial charge is 0.379 e. The van der Waals surface area contributed by atoms with Crippen LogP contribution in [0, 0.1) is 5.92 Å². The van der Waals surface area contributed by atoms with E-state index < -0.39 is 0 Å². The second-order valence-electron chi connectivity index (χ2n) is 6.82. The van der Waals surface area contributed by atoms with Crippen LogP contribution in [0.3, 0.4) is 0 Å². The third-order valence-corrected chi connectivity index (χ3v) is 4.69. The first-order valence-electron chi connectivity index (χ1n) is 8.00. The number of nitrogens with one attached hydrogen (secondary N) is 1. The third-order valence-electron chi connectivity index (χ3n) is 4.69. The summed E-state index contributed by atoms with van der Waals surface area (Å²) >= 11 is 0. The molecule has 114 valence electrons. The Balaban J connectivity index is 1.58. The summed E-state index contributed by atoms with van der Waals surface area (Å²) < 4.78 is 5.37. The van der Waals surface area contributed by atoms with Gasteiger partial charge in [0.25, 0.3) is 0 Å². The zero-order chi connectivity index (χ0) is 14.2. The number of ether oxygens (including phenoxy) is 1. The van der Waals surface area contributed by atoms with Crippen LogP contribution in [0.1, 0.15) is 33.1 Å². The Morgan fingerprint density at radius 1 is 1.30 bits per heavy atom. The van der Waals surface area contributed by atoms with Crippen molar-refractivity contribution in [2.75, 3.05) is 39.4 Å². The standard InChI is InChI=1S/C15H27N3O2/c1-12(2)11-13-16-15(3-4-15)14(19)18(13)6-5-17-7-9-20-10-8-17/h12-13,16H,3-11H2,1-2H3. The van der Waals surface area contributed by atoms with E-state index in [0.29, 0.717) is 11.8 Å². The Labute approximate surface area is 121 Å². The van der Waals surface area contributed by atoms with Crippen LogP contribution in [-0.2, 0) is 9.53 Å². The molecule has 5 nitrogen and oxygen atoms in total. The van der Waals surface area contributed by atoms with Crippen LogP contribution in [-0.4, -0.2) is 66.8 Å². The summed E-state index contributed by atoms with van der Waals surface area (Å²) in [5, 5.41) is 3.59. The molecule has 3 rings (SSSR count). The minimum absolute atomic E-state index is 0.176. The number of hydrogen-bond acceptors (Lipinski definition) is 4. The fourth-order valence-corrected chi connectivity index (χ4v) is 3.32. The number of amides is 1. The van der Waals surface area contributed by atoms with Crippen LogP contribution in [0.15, 0.2) is 0 Å². The van der Waals surface area contributed by atoms with E-state index in [0.717, 1.165) is 58.7 Å². The molecular weight excluding hydrogens is 254 g/mol. The molecule has 0 radical (unpaired) electrons. The highest BCUT2D eigenvalue weighted by Crippen LogP contribution is 2.42. The van der Waals surface area contributed by atoms with E-state index >= 15 is 0 Å². The summed E-state index contributed by atoms with van der Waals surface area (Å²) in [6, 6.07) is 0. The summed E-state index contributed by atoms with van der Waals surface area (Å²) in [7, 11) is 0. The molecule has 2 aliphatic heterocycles. The molecule has 20 heavy (non-hydrogen) atoms. The van der Waals surface area contributed by atoms with Crippen molar-refractivity contribution >= 4 is 5.91 Å². The second-order valence-corrected chi connectivity index (χ2v) is 6.82. The molecule has 1 N–H and O–H groups in total. The maximum atomic E-state index is 12.6. The minimum Gasteiger partial charge on any atom is -0.379 e. The Morgan fingerprint density at radius 2 is 2.00 bits per heavy atom. The predicted octanol–water partition coefficient (Wildman–Crippen LogP) is 0.655. The van der Waals surface area contributed by atoms with Crippen molar-refractivity contribution in [1.82, 2.24) is 15.1 Å². The number of rotatable bonds is 5. The van der Waals surface area contributed by atoms with Crippen molar-refractivity contribution in [3.8, 4) is 0 Å². The molecule has 1 spiro atoms. The topological polar surface area (TPSA) is 44.8 Å². The molecule has 2 heterocycles. The fraction of sp³-hybridized carbons (Fsp3) is 0.933. The number of nitrogens with zero attached hydrogens (tertiary/aromatic N) is 2. The zero-order valence-corrected chi connectivity index (χ0v) is 12.7. The molecule has 1 saturated carbocycles. The molecule has 0 aromatic carbocycles. The first kappa shape index (κ1) is 14.3. The molecule has 0 aromatic rings. The van der Waals surface area contributed by atoms with Crippen LogP contribution in [0.2, 0.25) is 0 Å². The lowest BCUT2D eigenvalue weighted by Crippen LogP contribution is -2.45. The Bertz CT molecular complexity index is 362. The normalized spacial score (nSPS) is 29.6. The van der Waals surface area contributed by atoms with E-state index in [-0.39, 0.29) is 11.7 Å². The second kappa shape index (κ2) is 5.62. The van der Waals surface area contributed by atoms with E-state index in [1.165, 1.54) is 0 Å². The first-order chi connectivity index (χ1) is 9.61. The van der Waals surface area contributed by atoms with Gasteiger partial charge in [-0.25, -0.2) is 0 Å². The van der Waals surface area contributed by atoms with Crippen molar-refractivity contribution in [2.24, 2.45) is 5.92 Å². The van der Waals surface area contributed by atoms with Crippen molar-refractivity contribution < 1.29 is 9.53 Å². The lowest BCUT2D eigenvalue weighted by Gasteiger charge is -2.31. The summed E-state index contributed by atoms with van der Waals surface area (Å²) in [5.41, 5.74) is -0.176. The van der Waals surface area contributed by atoms with Crippen molar-refractivity contribution in [2.45, 2.75) is 44.8 Å². The number of hydrogen-bond donors (Lipinski definition) is 1. The zero-order valence-electron chi connectivity index (χ0n) is 12.7. The Morgan fingerprint density at radius 3 is 2.60 bits per heavy atom. The molecule has 2 saturated heterocycles. The third kappa shape index (κ3) is 2.85. The minimum atomic E-state index is -0.176. The lowest BCUT2D eigenvalue weighted by atomic mass is 10.1. The summed E-state index contributed by atoms with van der Waals surface area (Å²) in [6.45, 7) is 9.92. The van der Waals surface area contributed by atoms with Crippen LogP contribution >= 0.6 is 0 Å². The molecule has 1 aliphatic carbocycles. The molecule has 1 atom stereocenters. The monoisotopic (exact) mass is 281 g/mol. The highest BCUT2D eigenvalue weighted by Gasteiger charge is 2.58. The van der Waals surface area contributed by atoms with Crippen molar-refractivity contribution in [1.29, 1.82) is 0 Å². The van der Waals surface area contributed by atoms with Gasteiger partial charge in [0.05, 0.1) is 24.9 Å². The smallest absolute Gasteiger partial charge is 0.244 e. The maximum absolute atomic E-state index is 12.6. The summed E-state index contributed by atoms with van der Waals surface area (Å²) in [5.74, 6) is 0.955. The molecule has 5 heteroatoms. The van der Waals surface area contributed by atoms with Crippen LogP contribution < -0.4 is 5.32 Å². The van der Waals surface area contributed by atoms with Crippen LogP contribution in [0.4, 0.5) is 0 Å². The van der Waals surface area contributed by atoms with E-state index in [4.69, 9.17) is 4.74 Å². The molecule has 0 bridgehead atoms. The van der Waals surface area contributed by atoms with Crippen LogP contribution in [0.5, 0.6) is 0 Å². The quantitative estimate of drug-likeness (QED) is 0.804. The molecule has 3 aliphatic rings. The molecule has 3 fully saturated rings. The molecule has 1 amide bonds. The van der Waals surface area contributed by atoms with Gasteiger partial charge >= 0.3 is 0 Å². The van der Waals surface area contributed by atoms with E-state index in [9.17, 15) is 4.79 Å². The van der Waals surface area contributed by atoms with Gasteiger partial charge in [-0.2, -0.15) is 0 Å². The van der Waals surface area contributed by atoms with Gasteiger partial charge in [-0.3, -0.25) is 15.0 Å². The predicted molar refractivity (Wildman–Crippen MR) is 77.3 cm³/mol. The van der Waals surface area contributed by atoms with Gasteiger partial charge in [0.2, 0.25) is 5.91 Å². The fourth-order valence-electron chi connectivity index (χ4n) is 3.32. The van der Waals surface area contributed by atoms with E-state index in [2.05, 4.69) is 29.0 Å².